The fourth-order valence-electron chi connectivity index (χ4n) is 2.69. The lowest BCUT2D eigenvalue weighted by molar-refractivity contribution is -0.122. The molecule has 0 fully saturated rings. The van der Waals surface area contributed by atoms with Crippen molar-refractivity contribution in [2.45, 2.75) is 25.8 Å². The van der Waals surface area contributed by atoms with Crippen molar-refractivity contribution in [1.82, 2.24) is 10.5 Å². The van der Waals surface area contributed by atoms with Crippen LogP contribution in [0, 0.1) is 0 Å². The van der Waals surface area contributed by atoms with E-state index in [2.05, 4.69) is 10.5 Å². The smallest absolute Gasteiger partial charge is 0.226 e. The quantitative estimate of drug-likeness (QED) is 0.781. The Bertz CT molecular complexity index is 853. The number of ether oxygens (including phenoxy) is 1. The van der Waals surface area contributed by atoms with Gasteiger partial charge in [0.25, 0.3) is 0 Å². The third-order valence-corrected chi connectivity index (χ3v) is 4.03. The number of amides is 1. The summed E-state index contributed by atoms with van der Waals surface area (Å²) in [4.78, 5) is 12.5. The molecule has 24 heavy (non-hydrogen) atoms. The molecule has 1 amide bonds. The van der Waals surface area contributed by atoms with Crippen molar-refractivity contribution in [3.05, 3.63) is 59.8 Å². The van der Waals surface area contributed by atoms with Crippen LogP contribution in [0.3, 0.4) is 0 Å². The topological polar surface area (TPSA) is 64.4 Å². The predicted molar refractivity (Wildman–Crippen MR) is 91.9 cm³/mol. The summed E-state index contributed by atoms with van der Waals surface area (Å²) in [6, 6.07) is 15.3. The van der Waals surface area contributed by atoms with E-state index in [9.17, 15) is 4.79 Å². The van der Waals surface area contributed by atoms with Gasteiger partial charge in [0.2, 0.25) is 5.91 Å². The zero-order chi connectivity index (χ0) is 17.2. The summed E-state index contributed by atoms with van der Waals surface area (Å²) >= 11 is 0. The summed E-state index contributed by atoms with van der Waals surface area (Å²) in [5.41, 5.74) is 1.83. The highest BCUT2D eigenvalue weighted by molar-refractivity contribution is 5.87. The Balaban J connectivity index is 1.78. The Labute approximate surface area is 140 Å². The number of hydrogen-bond donors (Lipinski definition) is 1. The molecule has 2 aromatic carbocycles. The van der Waals surface area contributed by atoms with Gasteiger partial charge >= 0.3 is 0 Å². The van der Waals surface area contributed by atoms with Crippen molar-refractivity contribution in [2.24, 2.45) is 0 Å². The second-order valence-corrected chi connectivity index (χ2v) is 6.21. The average molecular weight is 324 g/mol. The lowest BCUT2D eigenvalue weighted by Crippen LogP contribution is -2.41. The highest BCUT2D eigenvalue weighted by Gasteiger charge is 2.23. The van der Waals surface area contributed by atoms with Gasteiger partial charge in [-0.1, -0.05) is 35.5 Å². The first-order valence-electron chi connectivity index (χ1n) is 7.78. The van der Waals surface area contributed by atoms with E-state index in [1.807, 2.05) is 50.2 Å². The van der Waals surface area contributed by atoms with E-state index >= 15 is 0 Å². The van der Waals surface area contributed by atoms with Gasteiger partial charge < -0.3 is 14.6 Å². The molecule has 3 aromatic rings. The first-order valence-corrected chi connectivity index (χ1v) is 7.78. The highest BCUT2D eigenvalue weighted by Crippen LogP contribution is 2.25. The van der Waals surface area contributed by atoms with E-state index in [4.69, 9.17) is 9.26 Å². The molecule has 0 aliphatic rings. The van der Waals surface area contributed by atoms with Gasteiger partial charge in [0, 0.05) is 5.39 Å². The minimum Gasteiger partial charge on any atom is -0.497 e. The fourth-order valence-corrected chi connectivity index (χ4v) is 2.69. The van der Waals surface area contributed by atoms with Crippen LogP contribution in [0.1, 0.15) is 25.1 Å². The molecular formula is C19H20N2O3. The van der Waals surface area contributed by atoms with Crippen LogP contribution in [-0.2, 0) is 16.8 Å². The van der Waals surface area contributed by atoms with Gasteiger partial charge in [0.15, 0.2) is 5.58 Å². The van der Waals surface area contributed by atoms with Crippen molar-refractivity contribution in [2.75, 3.05) is 7.11 Å². The first-order chi connectivity index (χ1) is 11.5. The van der Waals surface area contributed by atoms with Crippen LogP contribution in [0.4, 0.5) is 0 Å². The van der Waals surface area contributed by atoms with Gasteiger partial charge in [0.05, 0.1) is 19.1 Å². The molecule has 3 rings (SSSR count). The number of carbonyl (C=O) groups is 1. The standard InChI is InChI=1S/C19H20N2O3/c1-19(2,13-7-5-4-6-8-13)20-18(22)12-16-15-11-14(23-3)9-10-17(15)24-21-16/h4-11H,12H2,1-3H3,(H,20,22). The number of carbonyl (C=O) groups excluding carboxylic acids is 1. The van der Waals surface area contributed by atoms with Crippen molar-refractivity contribution in [3.8, 4) is 5.75 Å². The molecule has 0 radical (unpaired) electrons. The van der Waals surface area contributed by atoms with Gasteiger partial charge in [-0.3, -0.25) is 4.79 Å². The van der Waals surface area contributed by atoms with Crippen molar-refractivity contribution < 1.29 is 14.1 Å². The minimum atomic E-state index is -0.463. The highest BCUT2D eigenvalue weighted by atomic mass is 16.5. The molecule has 0 saturated heterocycles. The van der Waals surface area contributed by atoms with E-state index in [0.717, 1.165) is 10.9 Å². The van der Waals surface area contributed by atoms with Crippen molar-refractivity contribution in [3.63, 3.8) is 0 Å². The summed E-state index contributed by atoms with van der Waals surface area (Å²) in [7, 11) is 1.60. The molecule has 0 atom stereocenters. The number of aromatic nitrogens is 1. The Morgan fingerprint density at radius 3 is 2.67 bits per heavy atom. The number of nitrogens with zero attached hydrogens (tertiary/aromatic N) is 1. The summed E-state index contributed by atoms with van der Waals surface area (Å²) in [5, 5.41) is 7.87. The maximum Gasteiger partial charge on any atom is 0.226 e. The van der Waals surface area contributed by atoms with Crippen LogP contribution >= 0.6 is 0 Å². The van der Waals surface area contributed by atoms with E-state index < -0.39 is 5.54 Å². The Morgan fingerprint density at radius 2 is 1.96 bits per heavy atom. The molecule has 5 nitrogen and oxygen atoms in total. The predicted octanol–water partition coefficient (Wildman–Crippen LogP) is 3.43. The number of fused-ring (bicyclic) bond motifs is 1. The monoisotopic (exact) mass is 324 g/mol. The Hall–Kier alpha value is -2.82. The molecule has 0 bridgehead atoms. The third-order valence-electron chi connectivity index (χ3n) is 4.03. The summed E-state index contributed by atoms with van der Waals surface area (Å²) < 4.78 is 10.5. The summed E-state index contributed by atoms with van der Waals surface area (Å²) in [5.74, 6) is 0.596. The second kappa shape index (κ2) is 6.35. The fraction of sp³-hybridized carbons (Fsp3) is 0.263. The number of hydrogen-bond acceptors (Lipinski definition) is 4. The number of methoxy groups -OCH3 is 1. The molecule has 0 aliphatic heterocycles. The van der Waals surface area contributed by atoms with E-state index in [-0.39, 0.29) is 12.3 Å². The molecular weight excluding hydrogens is 304 g/mol. The van der Waals surface area contributed by atoms with Gasteiger partial charge in [-0.25, -0.2) is 0 Å². The Kier molecular flexibility index (Phi) is 4.25. The SMILES string of the molecule is COc1ccc2onc(CC(=O)NC(C)(C)c3ccccc3)c2c1. The van der Waals surface area contributed by atoms with E-state index in [0.29, 0.717) is 17.0 Å². The van der Waals surface area contributed by atoms with Crippen molar-refractivity contribution in [1.29, 1.82) is 0 Å². The zero-order valence-corrected chi connectivity index (χ0v) is 14.0. The van der Waals surface area contributed by atoms with Gasteiger partial charge in [-0.15, -0.1) is 0 Å². The normalized spacial score (nSPS) is 11.5. The van der Waals surface area contributed by atoms with Crippen LogP contribution in [0.2, 0.25) is 0 Å². The largest absolute Gasteiger partial charge is 0.497 e. The number of rotatable bonds is 5. The van der Waals surface area contributed by atoms with E-state index in [1.54, 1.807) is 19.2 Å². The molecule has 124 valence electrons. The number of nitrogens with one attached hydrogen (secondary N) is 1. The molecule has 0 saturated carbocycles. The summed E-state index contributed by atoms with van der Waals surface area (Å²) in [6.07, 6.45) is 0.149. The molecule has 5 heteroatoms. The minimum absolute atomic E-state index is 0.109. The first kappa shape index (κ1) is 16.1. The summed E-state index contributed by atoms with van der Waals surface area (Å²) in [6.45, 7) is 3.95. The van der Waals surface area contributed by atoms with Gasteiger partial charge in [-0.05, 0) is 37.6 Å². The zero-order valence-electron chi connectivity index (χ0n) is 14.0. The molecule has 0 aliphatic carbocycles. The maximum atomic E-state index is 12.5. The van der Waals surface area contributed by atoms with E-state index in [1.165, 1.54) is 0 Å². The van der Waals surface area contributed by atoms with Crippen LogP contribution in [-0.4, -0.2) is 18.2 Å². The lowest BCUT2D eigenvalue weighted by atomic mass is 9.94. The van der Waals surface area contributed by atoms with Crippen LogP contribution in [0.5, 0.6) is 5.75 Å². The van der Waals surface area contributed by atoms with Crippen molar-refractivity contribution >= 4 is 16.9 Å². The van der Waals surface area contributed by atoms with Gasteiger partial charge in [0.1, 0.15) is 11.4 Å². The number of benzene rings is 2. The Morgan fingerprint density at radius 1 is 1.21 bits per heavy atom. The lowest BCUT2D eigenvalue weighted by Gasteiger charge is -2.26. The second-order valence-electron chi connectivity index (χ2n) is 6.21. The van der Waals surface area contributed by atoms with Crippen LogP contribution < -0.4 is 10.1 Å². The molecule has 0 unspecified atom stereocenters. The van der Waals surface area contributed by atoms with Crippen LogP contribution in [0.15, 0.2) is 53.1 Å². The van der Waals surface area contributed by atoms with Gasteiger partial charge in [-0.2, -0.15) is 0 Å². The molecule has 1 heterocycles. The maximum absolute atomic E-state index is 12.5. The molecule has 1 N–H and O–H groups in total. The molecule has 0 spiro atoms. The average Bonchev–Trinajstić information content (AvgIpc) is 2.97. The third kappa shape index (κ3) is 3.25. The van der Waals surface area contributed by atoms with Crippen LogP contribution in [0.25, 0.3) is 11.0 Å². The molecule has 1 aromatic heterocycles.